The summed E-state index contributed by atoms with van der Waals surface area (Å²) in [7, 11) is 0. The SMILES string of the molecule is c1ccc(-n2c(-c3ccc(-c4cc(-c5ccc(-n6c7ccccc7c7ccccc76)cc5)c(-c5ccc(-c6nc7c8ccccc8c8ccccc8c7n6-c6ccccc6)cc5)cc4-c4ccc(-n5c6ccccc6c6ccccc65)cc4)cc3)nc3c4ccccc4c4ccccc4c32)cc1. The Hall–Kier alpha value is -13.7. The van der Waals surface area contributed by atoms with Gasteiger partial charge in [-0.05, 0) is 151 Å². The quantitative estimate of drug-likeness (QED) is 0.128. The molecule has 4 aromatic heterocycles. The summed E-state index contributed by atoms with van der Waals surface area (Å²) in [6, 6.07) is 133. The van der Waals surface area contributed by atoms with Gasteiger partial charge < -0.3 is 9.13 Å². The molecule has 0 aliphatic rings. The Morgan fingerprint density at radius 3 is 0.706 bits per heavy atom. The molecule has 0 saturated heterocycles. The van der Waals surface area contributed by atoms with Crippen molar-refractivity contribution in [2.75, 3.05) is 0 Å². The monoisotopic (exact) mass is 1300 g/mol. The molecule has 0 unspecified atom stereocenters. The van der Waals surface area contributed by atoms with E-state index in [-0.39, 0.29) is 0 Å². The molecule has 0 bridgehead atoms. The van der Waals surface area contributed by atoms with E-state index in [0.717, 1.165) is 123 Å². The van der Waals surface area contributed by atoms with E-state index >= 15 is 0 Å². The second kappa shape index (κ2) is 23.0. The van der Waals surface area contributed by atoms with Crippen LogP contribution >= 0.6 is 0 Å². The summed E-state index contributed by atoms with van der Waals surface area (Å²) in [6.45, 7) is 0. The predicted octanol–water partition coefficient (Wildman–Crippen LogP) is 25.2. The molecule has 0 aliphatic heterocycles. The molecule has 0 aliphatic carbocycles. The van der Waals surface area contributed by atoms with Crippen LogP contribution in [0.4, 0.5) is 0 Å². The van der Waals surface area contributed by atoms with E-state index in [1.54, 1.807) is 0 Å². The standard InChI is InChI=1S/C96H60N6/c1-3-23-67(24-4-1)101-93-81-37-13-9-29-73(81)71-27-7-11-35-79(71)91(93)97-95(101)65-47-43-61(44-48-65)83-59-86(64-53-57-70(58-54-64)100-89-41-21-17-33-77(89)78-34-18-22-42-90(78)100)84(60-85(83)63-51-55-69(56-52-63)99-87-39-19-15-31-75(87)76-32-16-20-40-88(76)99)62-45-49-66(50-46-62)96-98-92-80-36-12-8-28-72(80)74-30-10-14-38-82(74)94(92)102(96)68-25-5-2-6-26-68/h1-60H. The van der Waals surface area contributed by atoms with Crippen LogP contribution in [-0.2, 0) is 0 Å². The van der Waals surface area contributed by atoms with Gasteiger partial charge in [0.2, 0.25) is 0 Å². The summed E-state index contributed by atoms with van der Waals surface area (Å²) in [5.41, 5.74) is 24.0. The molecule has 6 nitrogen and oxygen atoms in total. The zero-order chi connectivity index (χ0) is 66.9. The van der Waals surface area contributed by atoms with Gasteiger partial charge in [-0.25, -0.2) is 9.97 Å². The topological polar surface area (TPSA) is 45.5 Å². The second-order valence-corrected chi connectivity index (χ2v) is 26.7. The lowest BCUT2D eigenvalue weighted by molar-refractivity contribution is 1.11. The molecule has 0 amide bonds. The fourth-order valence-corrected chi connectivity index (χ4v) is 16.6. The van der Waals surface area contributed by atoms with Crippen LogP contribution in [-0.4, -0.2) is 28.2 Å². The smallest absolute Gasteiger partial charge is 0.145 e. The first-order chi connectivity index (χ1) is 50.6. The van der Waals surface area contributed by atoms with Crippen molar-refractivity contribution in [1.82, 2.24) is 28.2 Å². The van der Waals surface area contributed by atoms with E-state index in [0.29, 0.717) is 0 Å². The molecule has 21 aromatic rings. The first kappa shape index (κ1) is 57.4. The zero-order valence-corrected chi connectivity index (χ0v) is 55.3. The van der Waals surface area contributed by atoms with E-state index in [1.165, 1.54) is 75.9 Å². The van der Waals surface area contributed by atoms with Gasteiger partial charge in [-0.2, -0.15) is 0 Å². The van der Waals surface area contributed by atoms with Crippen LogP contribution in [0.3, 0.4) is 0 Å². The van der Waals surface area contributed by atoms with Crippen LogP contribution in [0, 0.1) is 0 Å². The molecular weight excluding hydrogens is 1240 g/mol. The van der Waals surface area contributed by atoms with Gasteiger partial charge in [0, 0.05) is 77.0 Å². The van der Waals surface area contributed by atoms with Gasteiger partial charge in [-0.3, -0.25) is 9.13 Å². The van der Waals surface area contributed by atoms with Crippen molar-refractivity contribution in [3.05, 3.63) is 364 Å². The Bertz CT molecular complexity index is 6410. The van der Waals surface area contributed by atoms with Crippen molar-refractivity contribution in [2.24, 2.45) is 0 Å². The van der Waals surface area contributed by atoms with Gasteiger partial charge in [0.05, 0.1) is 44.1 Å². The van der Waals surface area contributed by atoms with Gasteiger partial charge in [0.25, 0.3) is 0 Å². The normalized spacial score (nSPS) is 11.9. The summed E-state index contributed by atoms with van der Waals surface area (Å²) in [6.07, 6.45) is 0. The average molecular weight is 1300 g/mol. The van der Waals surface area contributed by atoms with E-state index in [1.807, 2.05) is 0 Å². The van der Waals surface area contributed by atoms with Crippen molar-refractivity contribution in [3.8, 4) is 90.0 Å². The van der Waals surface area contributed by atoms with Crippen LogP contribution in [0.2, 0.25) is 0 Å². The molecule has 0 radical (unpaired) electrons. The minimum absolute atomic E-state index is 0.883. The highest BCUT2D eigenvalue weighted by atomic mass is 15.1. The van der Waals surface area contributed by atoms with Crippen LogP contribution in [0.1, 0.15) is 0 Å². The molecule has 0 spiro atoms. The molecule has 21 rings (SSSR count). The second-order valence-electron chi connectivity index (χ2n) is 26.7. The fourth-order valence-electron chi connectivity index (χ4n) is 16.6. The number of fused-ring (bicyclic) bond motifs is 18. The molecule has 17 aromatic carbocycles. The number of para-hydroxylation sites is 6. The zero-order valence-electron chi connectivity index (χ0n) is 55.3. The molecule has 0 fully saturated rings. The maximum absolute atomic E-state index is 5.66. The van der Waals surface area contributed by atoms with Crippen LogP contribution in [0.25, 0.3) is 199 Å². The number of rotatable bonds is 10. The largest absolute Gasteiger partial charge is 0.309 e. The Kier molecular flexibility index (Phi) is 12.9. The highest BCUT2D eigenvalue weighted by Gasteiger charge is 2.25. The molecule has 0 atom stereocenters. The Balaban J connectivity index is 0.785. The highest BCUT2D eigenvalue weighted by molar-refractivity contribution is 6.26. The molecule has 474 valence electrons. The van der Waals surface area contributed by atoms with Gasteiger partial charge in [0.15, 0.2) is 0 Å². The third-order valence-corrected chi connectivity index (χ3v) is 21.2. The van der Waals surface area contributed by atoms with Gasteiger partial charge in [-0.15, -0.1) is 0 Å². The molecule has 6 heteroatoms. The maximum Gasteiger partial charge on any atom is 0.145 e. The summed E-state index contributed by atoms with van der Waals surface area (Å²) in [5.74, 6) is 1.77. The number of aromatic nitrogens is 6. The first-order valence-electron chi connectivity index (χ1n) is 35.0. The van der Waals surface area contributed by atoms with Gasteiger partial charge in [0.1, 0.15) is 11.6 Å². The average Bonchev–Trinajstić information content (AvgIpc) is 1.52. The lowest BCUT2D eigenvalue weighted by Gasteiger charge is -2.20. The lowest BCUT2D eigenvalue weighted by Crippen LogP contribution is -1.98. The first-order valence-corrected chi connectivity index (χ1v) is 35.0. The molecule has 0 saturated carbocycles. The number of imidazole rings is 2. The minimum atomic E-state index is 0.883. The minimum Gasteiger partial charge on any atom is -0.309 e. The number of benzene rings is 17. The van der Waals surface area contributed by atoms with Crippen molar-refractivity contribution in [1.29, 1.82) is 0 Å². The summed E-state index contributed by atoms with van der Waals surface area (Å²) in [5, 5.41) is 14.3. The predicted molar refractivity (Wildman–Crippen MR) is 427 cm³/mol. The summed E-state index contributed by atoms with van der Waals surface area (Å²) < 4.78 is 9.54. The molecule has 4 heterocycles. The Morgan fingerprint density at radius 2 is 0.392 bits per heavy atom. The fraction of sp³-hybridized carbons (Fsp3) is 0. The Morgan fingerprint density at radius 1 is 0.167 bits per heavy atom. The maximum atomic E-state index is 5.66. The summed E-state index contributed by atoms with van der Waals surface area (Å²) in [4.78, 5) is 11.3. The van der Waals surface area contributed by atoms with Crippen LogP contribution in [0.15, 0.2) is 364 Å². The molecule has 0 N–H and O–H groups in total. The van der Waals surface area contributed by atoms with E-state index in [2.05, 4.69) is 382 Å². The van der Waals surface area contributed by atoms with Crippen LogP contribution < -0.4 is 0 Å². The van der Waals surface area contributed by atoms with Crippen molar-refractivity contribution in [2.45, 2.75) is 0 Å². The summed E-state index contributed by atoms with van der Waals surface area (Å²) >= 11 is 0. The lowest BCUT2D eigenvalue weighted by atomic mass is 9.85. The number of hydrogen-bond acceptors (Lipinski definition) is 2. The van der Waals surface area contributed by atoms with E-state index < -0.39 is 0 Å². The van der Waals surface area contributed by atoms with E-state index in [4.69, 9.17) is 9.97 Å². The van der Waals surface area contributed by atoms with Crippen molar-refractivity contribution in [3.63, 3.8) is 0 Å². The third kappa shape index (κ3) is 8.86. The van der Waals surface area contributed by atoms with Crippen LogP contribution in [0.5, 0.6) is 0 Å². The number of nitrogens with zero attached hydrogens (tertiary/aromatic N) is 6. The van der Waals surface area contributed by atoms with Gasteiger partial charge >= 0.3 is 0 Å². The van der Waals surface area contributed by atoms with E-state index in [9.17, 15) is 0 Å². The number of hydrogen-bond donors (Lipinski definition) is 0. The third-order valence-electron chi connectivity index (χ3n) is 21.2. The Labute approximate surface area is 587 Å². The highest BCUT2D eigenvalue weighted by Crippen LogP contribution is 2.47. The molecular formula is C96H60N6. The molecule has 102 heavy (non-hydrogen) atoms. The van der Waals surface area contributed by atoms with Crippen molar-refractivity contribution >= 4 is 109 Å². The van der Waals surface area contributed by atoms with Gasteiger partial charge in [-0.1, -0.05) is 279 Å². The van der Waals surface area contributed by atoms with Crippen molar-refractivity contribution < 1.29 is 0 Å².